The van der Waals surface area contributed by atoms with Crippen LogP contribution in [0, 0.1) is 11.2 Å². The van der Waals surface area contributed by atoms with Crippen molar-refractivity contribution < 1.29 is 13.9 Å². The molecule has 1 aliphatic heterocycles. The lowest BCUT2D eigenvalue weighted by atomic mass is 9.78. The lowest BCUT2D eigenvalue weighted by Gasteiger charge is -2.35. The lowest BCUT2D eigenvalue weighted by Crippen LogP contribution is -2.50. The van der Waals surface area contributed by atoms with Crippen molar-refractivity contribution in [3.8, 4) is 0 Å². The minimum absolute atomic E-state index is 0.0438. The number of carbonyl (C=O) groups is 1. The number of piperidine rings is 1. The molecule has 2 N–H and O–H groups in total. The van der Waals surface area contributed by atoms with Crippen LogP contribution < -0.4 is 10.6 Å². The Hall–Kier alpha value is -1.46. The van der Waals surface area contributed by atoms with Gasteiger partial charge in [-0.15, -0.1) is 0 Å². The standard InChI is InChI=1S/C16H23FN2O2/c1-21-12-16(6-9-18-10-7-16)15(20)19-8-5-13-3-2-4-14(17)11-13/h2-4,11,18H,5-10,12H2,1H3,(H,19,20). The van der Waals surface area contributed by atoms with Crippen LogP contribution >= 0.6 is 0 Å². The summed E-state index contributed by atoms with van der Waals surface area (Å²) in [6, 6.07) is 6.47. The fourth-order valence-electron chi connectivity index (χ4n) is 2.82. The van der Waals surface area contributed by atoms with Crippen molar-refractivity contribution in [2.24, 2.45) is 5.41 Å². The molecule has 1 fully saturated rings. The molecule has 0 spiro atoms. The number of rotatable bonds is 6. The first-order valence-corrected chi connectivity index (χ1v) is 7.39. The van der Waals surface area contributed by atoms with Crippen LogP contribution in [0.2, 0.25) is 0 Å². The number of carbonyl (C=O) groups excluding carboxylic acids is 1. The summed E-state index contributed by atoms with van der Waals surface area (Å²) in [5.74, 6) is -0.199. The Bertz CT molecular complexity index is 468. The maximum Gasteiger partial charge on any atom is 0.228 e. The molecule has 1 amide bonds. The molecule has 0 radical (unpaired) electrons. The summed E-state index contributed by atoms with van der Waals surface area (Å²) < 4.78 is 18.3. The molecule has 0 atom stereocenters. The van der Waals surface area contributed by atoms with Crippen LogP contribution in [0.15, 0.2) is 24.3 Å². The van der Waals surface area contributed by atoms with Gasteiger partial charge in [0.15, 0.2) is 0 Å². The fraction of sp³-hybridized carbons (Fsp3) is 0.562. The molecule has 5 heteroatoms. The van der Waals surface area contributed by atoms with E-state index in [-0.39, 0.29) is 11.7 Å². The van der Waals surface area contributed by atoms with Crippen molar-refractivity contribution in [1.29, 1.82) is 0 Å². The van der Waals surface area contributed by atoms with Gasteiger partial charge in [0.2, 0.25) is 5.91 Å². The first-order chi connectivity index (χ1) is 10.2. The summed E-state index contributed by atoms with van der Waals surface area (Å²) in [6.07, 6.45) is 2.20. The van der Waals surface area contributed by atoms with E-state index < -0.39 is 5.41 Å². The van der Waals surface area contributed by atoms with Gasteiger partial charge in [0.25, 0.3) is 0 Å². The van der Waals surface area contributed by atoms with E-state index in [4.69, 9.17) is 4.74 Å². The van der Waals surface area contributed by atoms with Crippen molar-refractivity contribution in [3.63, 3.8) is 0 Å². The summed E-state index contributed by atoms with van der Waals surface area (Å²) in [6.45, 7) is 2.63. The Morgan fingerprint density at radius 3 is 2.86 bits per heavy atom. The van der Waals surface area contributed by atoms with E-state index in [0.717, 1.165) is 31.5 Å². The highest BCUT2D eigenvalue weighted by molar-refractivity contribution is 5.83. The third-order valence-corrected chi connectivity index (χ3v) is 4.05. The number of nitrogens with one attached hydrogen (secondary N) is 2. The predicted octanol–water partition coefficient (Wildman–Crippen LogP) is 1.50. The van der Waals surface area contributed by atoms with E-state index in [1.54, 1.807) is 13.2 Å². The number of methoxy groups -OCH3 is 1. The third kappa shape index (κ3) is 4.25. The van der Waals surface area contributed by atoms with Crippen LogP contribution in [0.4, 0.5) is 4.39 Å². The number of hydrogen-bond donors (Lipinski definition) is 2. The van der Waals surface area contributed by atoms with E-state index in [9.17, 15) is 9.18 Å². The van der Waals surface area contributed by atoms with Crippen LogP contribution in [0.1, 0.15) is 18.4 Å². The van der Waals surface area contributed by atoms with E-state index in [1.165, 1.54) is 12.1 Å². The monoisotopic (exact) mass is 294 g/mol. The predicted molar refractivity (Wildman–Crippen MR) is 79.5 cm³/mol. The molecule has 0 saturated carbocycles. The van der Waals surface area contributed by atoms with Gasteiger partial charge >= 0.3 is 0 Å². The first-order valence-electron chi connectivity index (χ1n) is 7.39. The van der Waals surface area contributed by atoms with Gasteiger partial charge in [-0.05, 0) is 50.0 Å². The zero-order chi connectivity index (χ0) is 15.1. The number of ether oxygens (including phenoxy) is 1. The number of hydrogen-bond acceptors (Lipinski definition) is 3. The molecule has 116 valence electrons. The average molecular weight is 294 g/mol. The Morgan fingerprint density at radius 1 is 1.43 bits per heavy atom. The average Bonchev–Trinajstić information content (AvgIpc) is 2.48. The van der Waals surface area contributed by atoms with Crippen LogP contribution in [0.5, 0.6) is 0 Å². The lowest BCUT2D eigenvalue weighted by molar-refractivity contribution is -0.136. The maximum atomic E-state index is 13.1. The zero-order valence-electron chi connectivity index (χ0n) is 12.5. The molecule has 1 aromatic carbocycles. The molecular formula is C16H23FN2O2. The Morgan fingerprint density at radius 2 is 2.19 bits per heavy atom. The molecule has 2 rings (SSSR count). The van der Waals surface area contributed by atoms with E-state index in [1.807, 2.05) is 6.07 Å². The van der Waals surface area contributed by atoms with Gasteiger partial charge < -0.3 is 15.4 Å². The summed E-state index contributed by atoms with van der Waals surface area (Å²) in [7, 11) is 1.63. The molecule has 1 heterocycles. The summed E-state index contributed by atoms with van der Waals surface area (Å²) >= 11 is 0. The normalized spacial score (nSPS) is 17.4. The third-order valence-electron chi connectivity index (χ3n) is 4.05. The molecular weight excluding hydrogens is 271 g/mol. The molecule has 21 heavy (non-hydrogen) atoms. The Kier molecular flexibility index (Phi) is 5.70. The first kappa shape index (κ1) is 15.9. The second-order valence-electron chi connectivity index (χ2n) is 5.60. The fourth-order valence-corrected chi connectivity index (χ4v) is 2.82. The SMILES string of the molecule is COCC1(C(=O)NCCc2cccc(F)c2)CCNCC1. The highest BCUT2D eigenvalue weighted by atomic mass is 19.1. The van der Waals surface area contributed by atoms with Gasteiger partial charge in [0, 0.05) is 13.7 Å². The molecule has 0 aliphatic carbocycles. The molecule has 0 unspecified atom stereocenters. The highest BCUT2D eigenvalue weighted by Crippen LogP contribution is 2.29. The van der Waals surface area contributed by atoms with E-state index in [0.29, 0.717) is 19.6 Å². The Labute approximate surface area is 125 Å². The van der Waals surface area contributed by atoms with Gasteiger partial charge in [0.1, 0.15) is 5.82 Å². The topological polar surface area (TPSA) is 50.4 Å². The second-order valence-corrected chi connectivity index (χ2v) is 5.60. The zero-order valence-corrected chi connectivity index (χ0v) is 12.5. The quantitative estimate of drug-likeness (QED) is 0.836. The minimum atomic E-state index is -0.429. The van der Waals surface area contributed by atoms with Gasteiger partial charge in [-0.2, -0.15) is 0 Å². The molecule has 0 aromatic heterocycles. The van der Waals surface area contributed by atoms with Crippen molar-refractivity contribution in [1.82, 2.24) is 10.6 Å². The summed E-state index contributed by atoms with van der Waals surface area (Å²) in [4.78, 5) is 12.5. The molecule has 1 aliphatic rings. The largest absolute Gasteiger partial charge is 0.384 e. The van der Waals surface area contributed by atoms with Crippen LogP contribution in [0.3, 0.4) is 0 Å². The van der Waals surface area contributed by atoms with Gasteiger partial charge in [-0.1, -0.05) is 12.1 Å². The van der Waals surface area contributed by atoms with Crippen molar-refractivity contribution >= 4 is 5.91 Å². The van der Waals surface area contributed by atoms with Crippen molar-refractivity contribution in [2.45, 2.75) is 19.3 Å². The molecule has 1 saturated heterocycles. The molecule has 4 nitrogen and oxygen atoms in total. The van der Waals surface area contributed by atoms with E-state index >= 15 is 0 Å². The maximum absolute atomic E-state index is 13.1. The van der Waals surface area contributed by atoms with E-state index in [2.05, 4.69) is 10.6 Å². The molecule has 0 bridgehead atoms. The summed E-state index contributed by atoms with van der Waals surface area (Å²) in [5, 5.41) is 6.24. The van der Waals surface area contributed by atoms with Crippen molar-refractivity contribution in [3.05, 3.63) is 35.6 Å². The van der Waals surface area contributed by atoms with Crippen LogP contribution in [0.25, 0.3) is 0 Å². The highest BCUT2D eigenvalue weighted by Gasteiger charge is 2.39. The van der Waals surface area contributed by atoms with Gasteiger partial charge in [-0.3, -0.25) is 4.79 Å². The number of halogens is 1. The number of benzene rings is 1. The molecule has 1 aromatic rings. The van der Waals surface area contributed by atoms with Gasteiger partial charge in [-0.25, -0.2) is 4.39 Å². The number of amides is 1. The summed E-state index contributed by atoms with van der Waals surface area (Å²) in [5.41, 5.74) is 0.462. The second kappa shape index (κ2) is 7.52. The van der Waals surface area contributed by atoms with Crippen LogP contribution in [-0.4, -0.2) is 39.3 Å². The smallest absolute Gasteiger partial charge is 0.228 e. The Balaban J connectivity index is 1.87. The van der Waals surface area contributed by atoms with Gasteiger partial charge in [0.05, 0.1) is 12.0 Å². The minimum Gasteiger partial charge on any atom is -0.384 e. The van der Waals surface area contributed by atoms with Crippen LogP contribution in [-0.2, 0) is 16.0 Å². The van der Waals surface area contributed by atoms with Crippen molar-refractivity contribution in [2.75, 3.05) is 33.4 Å².